The quantitative estimate of drug-likeness (QED) is 0.645. The van der Waals surface area contributed by atoms with Gasteiger partial charge in [0.15, 0.2) is 4.34 Å². The zero-order valence-electron chi connectivity index (χ0n) is 10.5. The molecule has 1 fully saturated rings. The third kappa shape index (κ3) is 2.77. The molecule has 0 atom stereocenters. The number of benzene rings is 1. The van der Waals surface area contributed by atoms with Crippen molar-refractivity contribution in [3.8, 4) is 0 Å². The number of thioether (sulfide) groups is 1. The van der Waals surface area contributed by atoms with Gasteiger partial charge in [0.25, 0.3) is 0 Å². The number of nitrogens with zero attached hydrogens (tertiary/aromatic N) is 1. The van der Waals surface area contributed by atoms with E-state index in [2.05, 4.69) is 11.1 Å². The Hall–Kier alpha value is -1.07. The Morgan fingerprint density at radius 2 is 2.21 bits per heavy atom. The highest BCUT2D eigenvalue weighted by molar-refractivity contribution is 8.01. The maximum Gasteiger partial charge on any atom is 0.309 e. The van der Waals surface area contributed by atoms with Crippen LogP contribution in [0.5, 0.6) is 0 Å². The number of para-hydroxylation sites is 1. The molecule has 0 aliphatic heterocycles. The topological polar surface area (TPSA) is 50.2 Å². The van der Waals surface area contributed by atoms with Crippen LogP contribution in [0.15, 0.2) is 28.6 Å². The van der Waals surface area contributed by atoms with E-state index in [4.69, 9.17) is 5.11 Å². The first-order valence-corrected chi connectivity index (χ1v) is 8.22. The molecule has 0 amide bonds. The van der Waals surface area contributed by atoms with E-state index < -0.39 is 5.97 Å². The van der Waals surface area contributed by atoms with Gasteiger partial charge in [0.05, 0.1) is 15.6 Å². The van der Waals surface area contributed by atoms with Crippen LogP contribution >= 0.6 is 23.1 Å². The Morgan fingerprint density at radius 3 is 2.89 bits per heavy atom. The van der Waals surface area contributed by atoms with Crippen molar-refractivity contribution >= 4 is 39.3 Å². The molecule has 3 rings (SSSR count). The van der Waals surface area contributed by atoms with Gasteiger partial charge in [-0.15, -0.1) is 11.3 Å². The monoisotopic (exact) mass is 293 g/mol. The Kier molecular flexibility index (Phi) is 3.50. The lowest BCUT2D eigenvalue weighted by Gasteiger charge is -2.07. The molecular weight excluding hydrogens is 278 g/mol. The summed E-state index contributed by atoms with van der Waals surface area (Å²) in [4.78, 5) is 15.6. The van der Waals surface area contributed by atoms with Gasteiger partial charge >= 0.3 is 5.97 Å². The van der Waals surface area contributed by atoms with E-state index in [1.165, 1.54) is 4.70 Å². The molecule has 0 bridgehead atoms. The van der Waals surface area contributed by atoms with E-state index in [1.807, 2.05) is 18.2 Å². The summed E-state index contributed by atoms with van der Waals surface area (Å²) in [5.74, 6) is 0.340. The van der Waals surface area contributed by atoms with Gasteiger partial charge in [0, 0.05) is 5.75 Å². The standard InChI is InChI=1S/C14H15NO2S2/c16-12(17)14(7-8-14)6-3-9-18-13-15-10-4-1-2-5-11(10)19-13/h1-2,4-5H,3,6-9H2,(H,16,17). The summed E-state index contributed by atoms with van der Waals surface area (Å²) in [5, 5.41) is 9.10. The summed E-state index contributed by atoms with van der Waals surface area (Å²) in [6, 6.07) is 8.14. The molecule has 3 nitrogen and oxygen atoms in total. The largest absolute Gasteiger partial charge is 0.481 e. The minimum Gasteiger partial charge on any atom is -0.481 e. The van der Waals surface area contributed by atoms with Crippen molar-refractivity contribution in [1.82, 2.24) is 4.98 Å². The van der Waals surface area contributed by atoms with Crippen LogP contribution in [0.4, 0.5) is 0 Å². The molecule has 0 saturated heterocycles. The lowest BCUT2D eigenvalue weighted by atomic mass is 10.0. The number of thiazole rings is 1. The van der Waals surface area contributed by atoms with Gasteiger partial charge in [-0.05, 0) is 37.8 Å². The Labute approximate surface area is 120 Å². The number of rotatable bonds is 6. The Bertz CT molecular complexity index is 571. The van der Waals surface area contributed by atoms with E-state index in [-0.39, 0.29) is 5.41 Å². The molecule has 5 heteroatoms. The van der Waals surface area contributed by atoms with E-state index >= 15 is 0 Å². The van der Waals surface area contributed by atoms with Gasteiger partial charge in [-0.3, -0.25) is 4.79 Å². The van der Waals surface area contributed by atoms with Crippen LogP contribution in [0.3, 0.4) is 0 Å². The van der Waals surface area contributed by atoms with Gasteiger partial charge in [0.1, 0.15) is 0 Å². The number of hydrogen-bond acceptors (Lipinski definition) is 4. The van der Waals surface area contributed by atoms with E-state index in [0.29, 0.717) is 0 Å². The summed E-state index contributed by atoms with van der Waals surface area (Å²) in [7, 11) is 0. The van der Waals surface area contributed by atoms with Crippen molar-refractivity contribution in [2.75, 3.05) is 5.75 Å². The molecule has 1 aliphatic carbocycles. The highest BCUT2D eigenvalue weighted by Gasteiger charge is 2.49. The second-order valence-electron chi connectivity index (χ2n) is 4.98. The zero-order valence-corrected chi connectivity index (χ0v) is 12.1. The van der Waals surface area contributed by atoms with Crippen molar-refractivity contribution < 1.29 is 9.90 Å². The first-order valence-electron chi connectivity index (χ1n) is 6.41. The van der Waals surface area contributed by atoms with E-state index in [1.54, 1.807) is 23.1 Å². The predicted octanol–water partition coefficient (Wildman–Crippen LogP) is 4.03. The maximum absolute atomic E-state index is 11.0. The van der Waals surface area contributed by atoms with Crippen molar-refractivity contribution in [3.63, 3.8) is 0 Å². The molecule has 0 unspecified atom stereocenters. The normalized spacial score (nSPS) is 16.6. The molecule has 0 radical (unpaired) electrons. The van der Waals surface area contributed by atoms with Gasteiger partial charge in [-0.25, -0.2) is 4.98 Å². The van der Waals surface area contributed by atoms with Crippen LogP contribution in [-0.4, -0.2) is 21.8 Å². The number of carboxylic acids is 1. The Morgan fingerprint density at radius 1 is 1.42 bits per heavy atom. The first kappa shape index (κ1) is 12.9. The fraction of sp³-hybridized carbons (Fsp3) is 0.429. The highest BCUT2D eigenvalue weighted by atomic mass is 32.2. The van der Waals surface area contributed by atoms with E-state index in [9.17, 15) is 4.79 Å². The molecule has 1 aliphatic rings. The maximum atomic E-state index is 11.0. The fourth-order valence-corrected chi connectivity index (χ4v) is 4.28. The highest BCUT2D eigenvalue weighted by Crippen LogP contribution is 2.50. The molecule has 1 aromatic carbocycles. The van der Waals surface area contributed by atoms with Crippen molar-refractivity contribution in [3.05, 3.63) is 24.3 Å². The summed E-state index contributed by atoms with van der Waals surface area (Å²) in [6.45, 7) is 0. The molecule has 0 spiro atoms. The lowest BCUT2D eigenvalue weighted by Crippen LogP contribution is -2.14. The number of aliphatic carboxylic acids is 1. The second-order valence-corrected chi connectivity index (χ2v) is 7.36. The van der Waals surface area contributed by atoms with Gasteiger partial charge < -0.3 is 5.11 Å². The fourth-order valence-electron chi connectivity index (χ4n) is 2.20. The molecule has 1 heterocycles. The summed E-state index contributed by atoms with van der Waals surface area (Å²) >= 11 is 3.45. The average molecular weight is 293 g/mol. The van der Waals surface area contributed by atoms with Crippen LogP contribution in [0, 0.1) is 5.41 Å². The van der Waals surface area contributed by atoms with Crippen molar-refractivity contribution in [1.29, 1.82) is 0 Å². The number of carboxylic acid groups (broad SMARTS) is 1. The van der Waals surface area contributed by atoms with Crippen molar-refractivity contribution in [2.45, 2.75) is 30.0 Å². The van der Waals surface area contributed by atoms with Gasteiger partial charge in [-0.1, -0.05) is 23.9 Å². The minimum atomic E-state index is -0.613. The third-order valence-corrected chi connectivity index (χ3v) is 5.87. The van der Waals surface area contributed by atoms with Crippen LogP contribution in [0.25, 0.3) is 10.2 Å². The van der Waals surface area contributed by atoms with Crippen LogP contribution in [0.2, 0.25) is 0 Å². The zero-order chi connectivity index (χ0) is 13.3. The second kappa shape index (κ2) is 5.13. The molecule has 100 valence electrons. The first-order chi connectivity index (χ1) is 9.20. The summed E-state index contributed by atoms with van der Waals surface area (Å²) in [6.07, 6.45) is 3.47. The van der Waals surface area contributed by atoms with Crippen LogP contribution in [0.1, 0.15) is 25.7 Å². The molecule has 1 saturated carbocycles. The van der Waals surface area contributed by atoms with Crippen LogP contribution < -0.4 is 0 Å². The van der Waals surface area contributed by atoms with Gasteiger partial charge in [0.2, 0.25) is 0 Å². The summed E-state index contributed by atoms with van der Waals surface area (Å²) < 4.78 is 2.30. The number of aromatic nitrogens is 1. The molecular formula is C14H15NO2S2. The number of carbonyl (C=O) groups is 1. The number of hydrogen-bond donors (Lipinski definition) is 1. The lowest BCUT2D eigenvalue weighted by molar-refractivity contribution is -0.143. The summed E-state index contributed by atoms with van der Waals surface area (Å²) in [5.41, 5.74) is 0.674. The van der Waals surface area contributed by atoms with Crippen molar-refractivity contribution in [2.24, 2.45) is 5.41 Å². The minimum absolute atomic E-state index is 0.381. The van der Waals surface area contributed by atoms with E-state index in [0.717, 1.165) is 41.3 Å². The SMILES string of the molecule is O=C(O)C1(CCCSc2nc3ccccc3s2)CC1. The molecule has 19 heavy (non-hydrogen) atoms. The predicted molar refractivity (Wildman–Crippen MR) is 78.9 cm³/mol. The number of fused-ring (bicyclic) bond motifs is 1. The Balaban J connectivity index is 1.51. The third-order valence-electron chi connectivity index (χ3n) is 3.61. The average Bonchev–Trinajstić information content (AvgIpc) is 3.08. The molecule has 2 aromatic rings. The van der Waals surface area contributed by atoms with Crippen LogP contribution in [-0.2, 0) is 4.79 Å². The molecule has 1 aromatic heterocycles. The smallest absolute Gasteiger partial charge is 0.309 e. The molecule has 1 N–H and O–H groups in total. The van der Waals surface area contributed by atoms with Gasteiger partial charge in [-0.2, -0.15) is 0 Å².